The Morgan fingerprint density at radius 2 is 0.873 bits per heavy atom. The van der Waals surface area contributed by atoms with Gasteiger partial charge in [0.1, 0.15) is 0 Å². The SMILES string of the molecule is c1ccc(N(c2ccccc2)c2cccc3c2sc2c4ccccc4c(-c4ccc5c(c4)C(c4ccccc4)(c4ccccc4)c4ccccc4-5)cc32)cc1. The zero-order valence-electron chi connectivity index (χ0n) is 30.1. The fraction of sp³-hybridized carbons (Fsp3) is 0.0189. The summed E-state index contributed by atoms with van der Waals surface area (Å²) in [4.78, 5) is 2.39. The van der Waals surface area contributed by atoms with Crippen LogP contribution in [0.15, 0.2) is 212 Å². The van der Waals surface area contributed by atoms with Crippen LogP contribution in [0.1, 0.15) is 22.3 Å². The molecule has 0 bridgehead atoms. The van der Waals surface area contributed by atoms with Gasteiger partial charge in [-0.25, -0.2) is 0 Å². The normalized spacial score (nSPS) is 12.9. The molecule has 0 unspecified atom stereocenters. The van der Waals surface area contributed by atoms with Crippen molar-refractivity contribution >= 4 is 59.3 Å². The molecule has 11 rings (SSSR count). The van der Waals surface area contributed by atoms with Gasteiger partial charge in [-0.2, -0.15) is 0 Å². The molecule has 0 spiro atoms. The van der Waals surface area contributed by atoms with Gasteiger partial charge in [0.25, 0.3) is 0 Å². The molecule has 0 amide bonds. The third kappa shape index (κ3) is 4.78. The lowest BCUT2D eigenvalue weighted by Crippen LogP contribution is -2.28. The minimum atomic E-state index is -0.452. The van der Waals surface area contributed by atoms with Crippen molar-refractivity contribution in [1.82, 2.24) is 0 Å². The summed E-state index contributed by atoms with van der Waals surface area (Å²) >= 11 is 1.90. The lowest BCUT2D eigenvalue weighted by molar-refractivity contribution is 0.769. The van der Waals surface area contributed by atoms with Crippen molar-refractivity contribution in [1.29, 1.82) is 0 Å². The smallest absolute Gasteiger partial charge is 0.0713 e. The van der Waals surface area contributed by atoms with Crippen molar-refractivity contribution < 1.29 is 0 Å². The van der Waals surface area contributed by atoms with E-state index in [1.165, 1.54) is 81.1 Å². The largest absolute Gasteiger partial charge is 0.309 e. The molecule has 9 aromatic carbocycles. The number of fused-ring (bicyclic) bond motifs is 8. The van der Waals surface area contributed by atoms with Crippen LogP contribution in [0, 0.1) is 0 Å². The van der Waals surface area contributed by atoms with Gasteiger partial charge in [-0.15, -0.1) is 11.3 Å². The van der Waals surface area contributed by atoms with Gasteiger partial charge in [-0.3, -0.25) is 0 Å². The fourth-order valence-corrected chi connectivity index (χ4v) is 10.5. The average molecular weight is 718 g/mol. The van der Waals surface area contributed by atoms with Crippen molar-refractivity contribution in [2.45, 2.75) is 5.41 Å². The van der Waals surface area contributed by atoms with E-state index in [1.807, 2.05) is 11.3 Å². The number of hydrogen-bond acceptors (Lipinski definition) is 2. The standard InChI is InChI=1S/C53H35NS/c1-5-18-37(19-6-1)53(38-20-7-2-8-21-38)48-30-16-15-27-42(48)43-33-32-36(34-49(43)53)46-35-47-45-29-17-31-50(52(45)55-51(47)44-28-14-13-26-41(44)46)54(39-22-9-3-10-23-39)40-24-11-4-12-25-40/h1-35H. The quantitative estimate of drug-likeness (QED) is 0.166. The summed E-state index contributed by atoms with van der Waals surface area (Å²) in [6, 6.07) is 78.1. The van der Waals surface area contributed by atoms with Gasteiger partial charge in [0.15, 0.2) is 0 Å². The van der Waals surface area contributed by atoms with Crippen LogP contribution in [0.3, 0.4) is 0 Å². The van der Waals surface area contributed by atoms with Gasteiger partial charge in [0.05, 0.1) is 15.8 Å². The van der Waals surface area contributed by atoms with Crippen molar-refractivity contribution in [3.63, 3.8) is 0 Å². The predicted octanol–water partition coefficient (Wildman–Crippen LogP) is 14.7. The van der Waals surface area contributed by atoms with E-state index in [2.05, 4.69) is 217 Å². The van der Waals surface area contributed by atoms with E-state index < -0.39 is 5.41 Å². The Kier molecular flexibility index (Phi) is 7.33. The molecule has 0 aliphatic heterocycles. The average Bonchev–Trinajstić information content (AvgIpc) is 3.79. The van der Waals surface area contributed by atoms with Crippen molar-refractivity contribution in [2.24, 2.45) is 0 Å². The summed E-state index contributed by atoms with van der Waals surface area (Å²) in [5, 5.41) is 5.12. The Labute approximate surface area is 325 Å². The Balaban J connectivity index is 1.18. The zero-order valence-corrected chi connectivity index (χ0v) is 30.9. The van der Waals surface area contributed by atoms with Crippen molar-refractivity contribution in [3.8, 4) is 22.3 Å². The zero-order chi connectivity index (χ0) is 36.3. The molecule has 0 fully saturated rings. The van der Waals surface area contributed by atoms with Crippen LogP contribution in [0.2, 0.25) is 0 Å². The first-order chi connectivity index (χ1) is 27.3. The minimum absolute atomic E-state index is 0.452. The van der Waals surface area contributed by atoms with Crippen LogP contribution in [0.4, 0.5) is 17.1 Å². The number of thiophene rings is 1. The van der Waals surface area contributed by atoms with E-state index in [0.717, 1.165) is 11.4 Å². The number of nitrogens with zero attached hydrogens (tertiary/aromatic N) is 1. The van der Waals surface area contributed by atoms with E-state index in [-0.39, 0.29) is 0 Å². The highest BCUT2D eigenvalue weighted by Gasteiger charge is 2.46. The molecule has 0 atom stereocenters. The van der Waals surface area contributed by atoms with Crippen LogP contribution >= 0.6 is 11.3 Å². The Morgan fingerprint density at radius 3 is 1.55 bits per heavy atom. The van der Waals surface area contributed by atoms with Crippen LogP contribution in [0.25, 0.3) is 53.2 Å². The first-order valence-electron chi connectivity index (χ1n) is 18.9. The lowest BCUT2D eigenvalue weighted by Gasteiger charge is -2.34. The van der Waals surface area contributed by atoms with Crippen LogP contribution in [-0.2, 0) is 5.41 Å². The van der Waals surface area contributed by atoms with E-state index in [0.29, 0.717) is 0 Å². The maximum absolute atomic E-state index is 2.50. The van der Waals surface area contributed by atoms with Gasteiger partial charge < -0.3 is 4.90 Å². The molecule has 0 radical (unpaired) electrons. The van der Waals surface area contributed by atoms with Gasteiger partial charge in [0, 0.05) is 32.2 Å². The molecular formula is C53H35NS. The molecule has 258 valence electrons. The summed E-state index contributed by atoms with van der Waals surface area (Å²) in [5.74, 6) is 0. The Morgan fingerprint density at radius 1 is 0.345 bits per heavy atom. The maximum atomic E-state index is 2.50. The molecule has 0 saturated carbocycles. The molecule has 0 N–H and O–H groups in total. The van der Waals surface area contributed by atoms with Crippen LogP contribution < -0.4 is 4.90 Å². The molecule has 1 heterocycles. The molecule has 10 aromatic rings. The van der Waals surface area contributed by atoms with Gasteiger partial charge in [-0.05, 0) is 92.4 Å². The highest BCUT2D eigenvalue weighted by molar-refractivity contribution is 7.27. The summed E-state index contributed by atoms with van der Waals surface area (Å²) in [5.41, 5.74) is 13.3. The van der Waals surface area contributed by atoms with E-state index >= 15 is 0 Å². The molecule has 0 saturated heterocycles. The third-order valence-corrected chi connectivity index (χ3v) is 12.8. The molecule has 2 heteroatoms. The maximum Gasteiger partial charge on any atom is 0.0713 e. The first kappa shape index (κ1) is 31.8. The van der Waals surface area contributed by atoms with Gasteiger partial charge >= 0.3 is 0 Å². The van der Waals surface area contributed by atoms with E-state index in [4.69, 9.17) is 0 Å². The lowest BCUT2D eigenvalue weighted by atomic mass is 9.67. The van der Waals surface area contributed by atoms with Crippen LogP contribution in [0.5, 0.6) is 0 Å². The number of hydrogen-bond donors (Lipinski definition) is 0. The number of rotatable bonds is 6. The number of anilines is 3. The molecule has 1 aliphatic carbocycles. The second-order valence-electron chi connectivity index (χ2n) is 14.4. The Hall–Kier alpha value is -6.74. The molecule has 1 aliphatic rings. The van der Waals surface area contributed by atoms with E-state index in [1.54, 1.807) is 0 Å². The topological polar surface area (TPSA) is 3.24 Å². The third-order valence-electron chi connectivity index (χ3n) is 11.5. The van der Waals surface area contributed by atoms with Crippen molar-refractivity contribution in [2.75, 3.05) is 4.90 Å². The number of para-hydroxylation sites is 2. The molecule has 55 heavy (non-hydrogen) atoms. The molecule has 1 aromatic heterocycles. The second-order valence-corrected chi connectivity index (χ2v) is 15.4. The summed E-state index contributed by atoms with van der Waals surface area (Å²) in [6.45, 7) is 0. The monoisotopic (exact) mass is 717 g/mol. The van der Waals surface area contributed by atoms with Gasteiger partial charge in [-0.1, -0.05) is 170 Å². The second kappa shape index (κ2) is 12.7. The van der Waals surface area contributed by atoms with Crippen molar-refractivity contribution in [3.05, 3.63) is 235 Å². The highest BCUT2D eigenvalue weighted by atomic mass is 32.1. The summed E-state index contributed by atoms with van der Waals surface area (Å²) in [6.07, 6.45) is 0. The highest BCUT2D eigenvalue weighted by Crippen LogP contribution is 2.57. The fourth-order valence-electron chi connectivity index (χ4n) is 9.21. The molecular weight excluding hydrogens is 683 g/mol. The number of benzene rings is 9. The minimum Gasteiger partial charge on any atom is -0.309 e. The van der Waals surface area contributed by atoms with Gasteiger partial charge in [0.2, 0.25) is 0 Å². The predicted molar refractivity (Wildman–Crippen MR) is 234 cm³/mol. The Bertz CT molecular complexity index is 2940. The van der Waals surface area contributed by atoms with Crippen LogP contribution in [-0.4, -0.2) is 0 Å². The van der Waals surface area contributed by atoms with E-state index in [9.17, 15) is 0 Å². The summed E-state index contributed by atoms with van der Waals surface area (Å²) < 4.78 is 2.60. The summed E-state index contributed by atoms with van der Waals surface area (Å²) in [7, 11) is 0. The molecule has 1 nitrogen and oxygen atoms in total. The first-order valence-corrected chi connectivity index (χ1v) is 19.8.